The Labute approximate surface area is 136 Å². The van der Waals surface area contributed by atoms with Crippen LogP contribution in [0, 0.1) is 0 Å². The molecule has 0 fully saturated rings. The van der Waals surface area contributed by atoms with E-state index >= 15 is 0 Å². The Morgan fingerprint density at radius 2 is 1.71 bits per heavy atom. The maximum atomic E-state index is 4.61. The summed E-state index contributed by atoms with van der Waals surface area (Å²) in [5, 5.41) is 0. The lowest BCUT2D eigenvalue weighted by atomic mass is 10.1. The minimum atomic E-state index is 1.08. The van der Waals surface area contributed by atoms with Crippen LogP contribution in [0.25, 0.3) is 10.2 Å². The fourth-order valence-electron chi connectivity index (χ4n) is 2.34. The van der Waals surface area contributed by atoms with Crippen LogP contribution in [-0.4, -0.2) is 11.5 Å². The molecule has 0 saturated carbocycles. The summed E-state index contributed by atoms with van der Waals surface area (Å²) < 4.78 is 5.83. The number of para-hydroxylation sites is 1. The van der Waals surface area contributed by atoms with Crippen LogP contribution in [0.1, 0.15) is 58.3 Å². The summed E-state index contributed by atoms with van der Waals surface area (Å²) >= 11 is 3.44. The Bertz CT molecular complexity index is 477. The van der Waals surface area contributed by atoms with Crippen molar-refractivity contribution < 1.29 is 0 Å². The van der Waals surface area contributed by atoms with E-state index in [1.165, 1.54) is 56.1 Å². The number of fused-ring (bicyclic) bond motifs is 1. The van der Waals surface area contributed by atoms with Gasteiger partial charge in [0.25, 0.3) is 0 Å². The third-order valence-electron chi connectivity index (χ3n) is 3.57. The fraction of sp³-hybridized carbons (Fsp3) is 0.588. The molecule has 116 valence electrons. The fourth-order valence-corrected chi connectivity index (χ4v) is 4.16. The van der Waals surface area contributed by atoms with E-state index < -0.39 is 0 Å². The predicted octanol–water partition coefficient (Wildman–Crippen LogP) is 6.03. The van der Waals surface area contributed by atoms with E-state index in [-0.39, 0.29) is 0 Å². The number of rotatable bonds is 11. The lowest BCUT2D eigenvalue weighted by Gasteiger charge is -2.02. The van der Waals surface area contributed by atoms with Crippen LogP contribution in [0.2, 0.25) is 0 Å². The van der Waals surface area contributed by atoms with Gasteiger partial charge < -0.3 is 0 Å². The second-order valence-corrected chi connectivity index (χ2v) is 7.59. The molecule has 0 atom stereocenters. The van der Waals surface area contributed by atoms with Crippen molar-refractivity contribution in [1.82, 2.24) is 9.71 Å². The van der Waals surface area contributed by atoms with Crippen LogP contribution in [-0.2, 0) is 0 Å². The van der Waals surface area contributed by atoms with Gasteiger partial charge in [0, 0.05) is 6.54 Å². The summed E-state index contributed by atoms with van der Waals surface area (Å²) in [4.78, 5) is 4.61. The Kier molecular flexibility index (Phi) is 8.15. The van der Waals surface area contributed by atoms with Gasteiger partial charge in [-0.15, -0.1) is 11.3 Å². The number of thiazole rings is 1. The highest BCUT2D eigenvalue weighted by atomic mass is 32.2. The summed E-state index contributed by atoms with van der Waals surface area (Å²) in [5.41, 5.74) is 1.11. The average Bonchev–Trinajstić information content (AvgIpc) is 2.92. The number of nitrogens with zero attached hydrogens (tertiary/aromatic N) is 1. The van der Waals surface area contributed by atoms with Crippen LogP contribution in [0.15, 0.2) is 28.6 Å². The topological polar surface area (TPSA) is 24.9 Å². The first-order chi connectivity index (χ1) is 10.4. The molecule has 0 aliphatic carbocycles. The molecule has 1 heterocycles. The molecule has 0 amide bonds. The number of aromatic nitrogens is 1. The molecule has 2 nitrogen and oxygen atoms in total. The molecule has 0 aliphatic rings. The van der Waals surface area contributed by atoms with Gasteiger partial charge in [-0.2, -0.15) is 0 Å². The van der Waals surface area contributed by atoms with E-state index in [4.69, 9.17) is 0 Å². The smallest absolute Gasteiger partial charge is 0.166 e. The first-order valence-electron chi connectivity index (χ1n) is 8.15. The van der Waals surface area contributed by atoms with Crippen LogP contribution >= 0.6 is 23.3 Å². The van der Waals surface area contributed by atoms with Crippen molar-refractivity contribution in [3.05, 3.63) is 24.3 Å². The van der Waals surface area contributed by atoms with Crippen molar-refractivity contribution in [2.45, 2.75) is 62.6 Å². The number of hydrogen-bond acceptors (Lipinski definition) is 4. The van der Waals surface area contributed by atoms with E-state index in [1.54, 1.807) is 23.3 Å². The zero-order valence-corrected chi connectivity index (χ0v) is 14.6. The summed E-state index contributed by atoms with van der Waals surface area (Å²) in [5.74, 6) is 0. The van der Waals surface area contributed by atoms with Gasteiger partial charge in [0.1, 0.15) is 0 Å². The third-order valence-corrected chi connectivity index (χ3v) is 5.51. The van der Waals surface area contributed by atoms with Gasteiger partial charge in [0.15, 0.2) is 4.34 Å². The SMILES string of the molecule is CCCCCCCCCCNSc1nc2ccccc2s1. The highest BCUT2D eigenvalue weighted by molar-refractivity contribution is 7.99. The Morgan fingerprint density at radius 3 is 2.48 bits per heavy atom. The standard InChI is InChI=1S/C17H26N2S2/c1-2-3-4-5-6-7-8-11-14-18-21-17-19-15-12-9-10-13-16(15)20-17/h9-10,12-13,18H,2-8,11,14H2,1H3. The van der Waals surface area contributed by atoms with E-state index in [0.717, 1.165) is 16.4 Å². The van der Waals surface area contributed by atoms with Gasteiger partial charge in [-0.25, -0.2) is 4.98 Å². The molecule has 1 aromatic carbocycles. The van der Waals surface area contributed by atoms with Gasteiger partial charge >= 0.3 is 0 Å². The minimum absolute atomic E-state index is 1.08. The maximum Gasteiger partial charge on any atom is 0.166 e. The lowest BCUT2D eigenvalue weighted by molar-refractivity contribution is 0.575. The summed E-state index contributed by atoms with van der Waals surface area (Å²) in [6.45, 7) is 3.35. The molecule has 2 aromatic rings. The molecule has 0 unspecified atom stereocenters. The minimum Gasteiger partial charge on any atom is -0.258 e. The first kappa shape index (κ1) is 16.8. The molecule has 0 spiro atoms. The molecule has 4 heteroatoms. The van der Waals surface area contributed by atoms with Crippen LogP contribution in [0.5, 0.6) is 0 Å². The van der Waals surface area contributed by atoms with Gasteiger partial charge in [0.2, 0.25) is 0 Å². The first-order valence-corrected chi connectivity index (χ1v) is 9.78. The molecule has 0 bridgehead atoms. The lowest BCUT2D eigenvalue weighted by Crippen LogP contribution is -2.04. The predicted molar refractivity (Wildman–Crippen MR) is 96.1 cm³/mol. The molecule has 0 radical (unpaired) electrons. The quantitative estimate of drug-likeness (QED) is 0.403. The Balaban J connectivity index is 1.50. The normalized spacial score (nSPS) is 11.3. The highest BCUT2D eigenvalue weighted by Gasteiger charge is 2.02. The van der Waals surface area contributed by atoms with Gasteiger partial charge in [-0.3, -0.25) is 4.72 Å². The van der Waals surface area contributed by atoms with E-state index in [9.17, 15) is 0 Å². The molecular formula is C17H26N2S2. The number of unbranched alkanes of at least 4 members (excludes halogenated alkanes) is 7. The van der Waals surface area contributed by atoms with Crippen LogP contribution < -0.4 is 4.72 Å². The summed E-state index contributed by atoms with van der Waals surface area (Å²) in [6, 6.07) is 8.33. The molecule has 2 rings (SSSR count). The van der Waals surface area contributed by atoms with Crippen LogP contribution in [0.4, 0.5) is 0 Å². The largest absolute Gasteiger partial charge is 0.258 e. The van der Waals surface area contributed by atoms with E-state index in [0.29, 0.717) is 0 Å². The molecule has 1 N–H and O–H groups in total. The average molecular weight is 323 g/mol. The number of hydrogen-bond donors (Lipinski definition) is 1. The van der Waals surface area contributed by atoms with Crippen molar-refractivity contribution in [1.29, 1.82) is 0 Å². The zero-order valence-electron chi connectivity index (χ0n) is 12.9. The van der Waals surface area contributed by atoms with E-state index in [1.807, 2.05) is 6.07 Å². The zero-order chi connectivity index (χ0) is 14.8. The van der Waals surface area contributed by atoms with Crippen molar-refractivity contribution >= 4 is 33.5 Å². The third kappa shape index (κ3) is 6.37. The molecule has 0 aliphatic heterocycles. The summed E-state index contributed by atoms with van der Waals surface area (Å²) in [6.07, 6.45) is 11.0. The number of nitrogens with one attached hydrogen (secondary N) is 1. The van der Waals surface area contributed by atoms with Crippen LogP contribution in [0.3, 0.4) is 0 Å². The van der Waals surface area contributed by atoms with Crippen molar-refractivity contribution in [3.8, 4) is 0 Å². The summed E-state index contributed by atoms with van der Waals surface area (Å²) in [7, 11) is 0. The Hall–Kier alpha value is -0.580. The highest BCUT2D eigenvalue weighted by Crippen LogP contribution is 2.27. The maximum absolute atomic E-state index is 4.61. The Morgan fingerprint density at radius 1 is 1.00 bits per heavy atom. The molecule has 21 heavy (non-hydrogen) atoms. The monoisotopic (exact) mass is 322 g/mol. The van der Waals surface area contributed by atoms with Gasteiger partial charge in [0.05, 0.1) is 10.2 Å². The van der Waals surface area contributed by atoms with Crippen molar-refractivity contribution in [2.75, 3.05) is 6.54 Å². The second-order valence-electron chi connectivity index (χ2n) is 5.42. The molecule has 1 aromatic heterocycles. The van der Waals surface area contributed by atoms with Gasteiger partial charge in [-0.1, -0.05) is 64.0 Å². The number of benzene rings is 1. The van der Waals surface area contributed by atoms with Crippen molar-refractivity contribution in [3.63, 3.8) is 0 Å². The second kappa shape index (κ2) is 10.2. The molecular weight excluding hydrogens is 296 g/mol. The van der Waals surface area contributed by atoms with Crippen molar-refractivity contribution in [2.24, 2.45) is 0 Å². The van der Waals surface area contributed by atoms with Gasteiger partial charge in [-0.05, 0) is 30.5 Å². The molecule has 0 saturated heterocycles. The van der Waals surface area contributed by atoms with E-state index in [2.05, 4.69) is 34.8 Å².